The first-order chi connectivity index (χ1) is 10.8. The number of hydrogen-bond acceptors (Lipinski definition) is 2. The summed E-state index contributed by atoms with van der Waals surface area (Å²) in [5, 5.41) is 3.63. The fourth-order valence-corrected chi connectivity index (χ4v) is 2.70. The monoisotopic (exact) mass is 299 g/mol. The van der Waals surface area contributed by atoms with E-state index in [1.807, 2.05) is 12.3 Å². The Kier molecular flexibility index (Phi) is 7.17. The molecule has 0 saturated carbocycles. The maximum Gasteiger partial charge on any atom is 0.124 e. The third-order valence-electron chi connectivity index (χ3n) is 3.98. The van der Waals surface area contributed by atoms with Gasteiger partial charge in [-0.1, -0.05) is 69.9 Å². The van der Waals surface area contributed by atoms with Crippen molar-refractivity contribution in [2.24, 2.45) is 0 Å². The van der Waals surface area contributed by atoms with Crippen LogP contribution < -0.4 is 5.32 Å². The highest BCUT2D eigenvalue weighted by molar-refractivity contribution is 5.58. The van der Waals surface area contributed by atoms with E-state index in [1.54, 1.807) is 0 Å². The Hall–Kier alpha value is -1.61. The van der Waals surface area contributed by atoms with Crippen LogP contribution in [0, 0.1) is 0 Å². The van der Waals surface area contributed by atoms with E-state index >= 15 is 0 Å². The Labute approximate surface area is 134 Å². The first kappa shape index (κ1) is 16.8. The van der Waals surface area contributed by atoms with E-state index in [2.05, 4.69) is 48.4 Å². The van der Waals surface area contributed by atoms with Crippen LogP contribution >= 0.6 is 0 Å². The van der Waals surface area contributed by atoms with E-state index in [1.165, 1.54) is 31.2 Å². The van der Waals surface area contributed by atoms with E-state index in [4.69, 9.17) is 4.98 Å². The second-order valence-electron chi connectivity index (χ2n) is 5.89. The van der Waals surface area contributed by atoms with Crippen LogP contribution in [0.15, 0.2) is 36.5 Å². The molecule has 0 saturated heterocycles. The van der Waals surface area contributed by atoms with Gasteiger partial charge in [-0.2, -0.15) is 0 Å². The lowest BCUT2D eigenvalue weighted by molar-refractivity contribution is 0.455. The van der Waals surface area contributed by atoms with Crippen molar-refractivity contribution in [3.63, 3.8) is 0 Å². The summed E-state index contributed by atoms with van der Waals surface area (Å²) in [6.07, 6.45) is 9.51. The highest BCUT2D eigenvalue weighted by Gasteiger charge is 2.14. The Morgan fingerprint density at radius 2 is 1.86 bits per heavy atom. The molecule has 0 bridgehead atoms. The SMILES string of the molecule is CCCCCCC(NCCC)c1nc(-c2ccccc2)c[nH]1. The zero-order valence-electron chi connectivity index (χ0n) is 13.9. The molecule has 3 nitrogen and oxygen atoms in total. The second kappa shape index (κ2) is 9.42. The predicted octanol–water partition coefficient (Wildman–Crippen LogP) is 5.09. The Morgan fingerprint density at radius 3 is 2.59 bits per heavy atom. The quantitative estimate of drug-likeness (QED) is 0.600. The molecule has 1 aromatic carbocycles. The van der Waals surface area contributed by atoms with Gasteiger partial charge in [-0.25, -0.2) is 4.98 Å². The van der Waals surface area contributed by atoms with E-state index < -0.39 is 0 Å². The number of H-pyrrole nitrogens is 1. The number of nitrogens with one attached hydrogen (secondary N) is 2. The minimum atomic E-state index is 0.342. The fourth-order valence-electron chi connectivity index (χ4n) is 2.70. The van der Waals surface area contributed by atoms with E-state index in [9.17, 15) is 0 Å². The molecule has 2 aromatic rings. The molecule has 0 fully saturated rings. The number of hydrogen-bond donors (Lipinski definition) is 2. The molecule has 0 aliphatic carbocycles. The second-order valence-corrected chi connectivity index (χ2v) is 5.89. The molecule has 1 aromatic heterocycles. The topological polar surface area (TPSA) is 40.7 Å². The van der Waals surface area contributed by atoms with Crippen LogP contribution in [-0.2, 0) is 0 Å². The summed E-state index contributed by atoms with van der Waals surface area (Å²) in [6.45, 7) is 5.50. The molecular formula is C19H29N3. The molecule has 1 heterocycles. The van der Waals surface area contributed by atoms with Crippen molar-refractivity contribution in [1.29, 1.82) is 0 Å². The molecule has 0 spiro atoms. The molecule has 0 amide bonds. The van der Waals surface area contributed by atoms with Gasteiger partial charge in [0.05, 0.1) is 11.7 Å². The molecule has 0 aliphatic rings. The Bertz CT molecular complexity index is 518. The molecule has 2 rings (SSSR count). The van der Waals surface area contributed by atoms with Crippen LogP contribution in [0.25, 0.3) is 11.3 Å². The maximum absolute atomic E-state index is 4.81. The van der Waals surface area contributed by atoms with Gasteiger partial charge >= 0.3 is 0 Å². The minimum Gasteiger partial charge on any atom is -0.347 e. The predicted molar refractivity (Wildman–Crippen MR) is 93.8 cm³/mol. The summed E-state index contributed by atoms with van der Waals surface area (Å²) < 4.78 is 0. The summed E-state index contributed by atoms with van der Waals surface area (Å²) >= 11 is 0. The van der Waals surface area contributed by atoms with Gasteiger partial charge in [-0.05, 0) is 19.4 Å². The lowest BCUT2D eigenvalue weighted by Gasteiger charge is -2.16. The number of imidazole rings is 1. The van der Waals surface area contributed by atoms with Crippen molar-refractivity contribution in [1.82, 2.24) is 15.3 Å². The van der Waals surface area contributed by atoms with Crippen molar-refractivity contribution in [3.8, 4) is 11.3 Å². The zero-order chi connectivity index (χ0) is 15.6. The molecule has 2 N–H and O–H groups in total. The maximum atomic E-state index is 4.81. The van der Waals surface area contributed by atoms with Gasteiger partial charge in [0.25, 0.3) is 0 Å². The van der Waals surface area contributed by atoms with Crippen LogP contribution in [0.3, 0.4) is 0 Å². The van der Waals surface area contributed by atoms with Crippen molar-refractivity contribution in [3.05, 3.63) is 42.4 Å². The molecule has 120 valence electrons. The Balaban J connectivity index is 2.02. The van der Waals surface area contributed by atoms with Gasteiger partial charge in [0, 0.05) is 11.8 Å². The van der Waals surface area contributed by atoms with Crippen LogP contribution in [0.1, 0.15) is 64.2 Å². The molecular weight excluding hydrogens is 270 g/mol. The lowest BCUT2D eigenvalue weighted by atomic mass is 10.1. The average molecular weight is 299 g/mol. The zero-order valence-corrected chi connectivity index (χ0v) is 13.9. The third-order valence-corrected chi connectivity index (χ3v) is 3.98. The summed E-state index contributed by atoms with van der Waals surface area (Å²) in [4.78, 5) is 8.20. The van der Waals surface area contributed by atoms with Gasteiger partial charge < -0.3 is 10.3 Å². The number of benzene rings is 1. The first-order valence-corrected chi connectivity index (χ1v) is 8.69. The summed E-state index contributed by atoms with van der Waals surface area (Å²) in [5.74, 6) is 1.07. The molecule has 3 heteroatoms. The molecule has 1 unspecified atom stereocenters. The fraction of sp³-hybridized carbons (Fsp3) is 0.526. The average Bonchev–Trinajstić information content (AvgIpc) is 3.05. The van der Waals surface area contributed by atoms with E-state index in [-0.39, 0.29) is 0 Å². The standard InChI is InChI=1S/C19H29N3/c1-3-5-6-10-13-17(20-14-4-2)19-21-15-18(22-19)16-11-8-7-9-12-16/h7-9,11-12,15,17,20H,3-6,10,13-14H2,1-2H3,(H,21,22). The third kappa shape index (κ3) is 4.99. The first-order valence-electron chi connectivity index (χ1n) is 8.69. The van der Waals surface area contributed by atoms with Gasteiger partial charge in [-0.15, -0.1) is 0 Å². The molecule has 0 aliphatic heterocycles. The van der Waals surface area contributed by atoms with Crippen LogP contribution in [0.4, 0.5) is 0 Å². The Morgan fingerprint density at radius 1 is 1.05 bits per heavy atom. The van der Waals surface area contributed by atoms with Crippen LogP contribution in [-0.4, -0.2) is 16.5 Å². The largest absolute Gasteiger partial charge is 0.347 e. The minimum absolute atomic E-state index is 0.342. The number of unbranched alkanes of at least 4 members (excludes halogenated alkanes) is 3. The van der Waals surface area contributed by atoms with E-state index in [0.717, 1.165) is 30.9 Å². The highest BCUT2D eigenvalue weighted by Crippen LogP contribution is 2.22. The summed E-state index contributed by atoms with van der Waals surface area (Å²) in [6, 6.07) is 10.7. The molecule has 1 atom stereocenters. The number of rotatable bonds is 10. The van der Waals surface area contributed by atoms with E-state index in [0.29, 0.717) is 6.04 Å². The molecule has 22 heavy (non-hydrogen) atoms. The van der Waals surface area contributed by atoms with Crippen molar-refractivity contribution in [2.45, 2.75) is 58.4 Å². The lowest BCUT2D eigenvalue weighted by Crippen LogP contribution is -2.23. The van der Waals surface area contributed by atoms with Crippen molar-refractivity contribution >= 4 is 0 Å². The number of aromatic amines is 1. The number of nitrogens with zero attached hydrogens (tertiary/aromatic N) is 1. The van der Waals surface area contributed by atoms with Crippen LogP contribution in [0.5, 0.6) is 0 Å². The van der Waals surface area contributed by atoms with Crippen molar-refractivity contribution < 1.29 is 0 Å². The molecule has 0 radical (unpaired) electrons. The summed E-state index contributed by atoms with van der Waals surface area (Å²) in [5.41, 5.74) is 2.21. The van der Waals surface area contributed by atoms with Crippen molar-refractivity contribution in [2.75, 3.05) is 6.54 Å². The number of aromatic nitrogens is 2. The van der Waals surface area contributed by atoms with Crippen LogP contribution in [0.2, 0.25) is 0 Å². The van der Waals surface area contributed by atoms with Gasteiger partial charge in [-0.3, -0.25) is 0 Å². The smallest absolute Gasteiger partial charge is 0.124 e. The summed E-state index contributed by atoms with van der Waals surface area (Å²) in [7, 11) is 0. The highest BCUT2D eigenvalue weighted by atomic mass is 15.0. The van der Waals surface area contributed by atoms with Gasteiger partial charge in [0.1, 0.15) is 5.82 Å². The van der Waals surface area contributed by atoms with Gasteiger partial charge in [0.2, 0.25) is 0 Å². The normalized spacial score (nSPS) is 12.5. The van der Waals surface area contributed by atoms with Gasteiger partial charge in [0.15, 0.2) is 0 Å².